The van der Waals surface area contributed by atoms with Gasteiger partial charge in [0.1, 0.15) is 0 Å². The summed E-state index contributed by atoms with van der Waals surface area (Å²) in [5.41, 5.74) is 2.77. The van der Waals surface area contributed by atoms with Crippen LogP contribution < -0.4 is 0 Å². The SMILES string of the molecule is Cl.OCCN1C=CC(C2=CCC=CC2)=CC1. The molecule has 1 aliphatic heterocycles. The van der Waals surface area contributed by atoms with Crippen molar-refractivity contribution in [3.63, 3.8) is 0 Å². The van der Waals surface area contributed by atoms with E-state index in [4.69, 9.17) is 5.11 Å². The first-order chi connectivity index (χ1) is 7.40. The fourth-order valence-corrected chi connectivity index (χ4v) is 1.90. The van der Waals surface area contributed by atoms with Crippen LogP contribution in [-0.4, -0.2) is 29.7 Å². The summed E-state index contributed by atoms with van der Waals surface area (Å²) in [5.74, 6) is 0. The van der Waals surface area contributed by atoms with E-state index in [9.17, 15) is 0 Å². The standard InChI is InChI=1S/C13H17NO.ClH/c15-11-10-14-8-6-13(7-9-14)12-4-2-1-3-5-12;/h1-2,5-8,15H,3-4,9-11H2;1H. The van der Waals surface area contributed by atoms with Gasteiger partial charge in [-0.2, -0.15) is 0 Å². The molecule has 0 aromatic rings. The predicted octanol–water partition coefficient (Wildman–Crippen LogP) is 2.43. The van der Waals surface area contributed by atoms with Gasteiger partial charge in [0.15, 0.2) is 0 Å². The fraction of sp³-hybridized carbons (Fsp3) is 0.385. The molecular formula is C13H18ClNO. The Labute approximate surface area is 103 Å². The molecule has 0 saturated heterocycles. The summed E-state index contributed by atoms with van der Waals surface area (Å²) >= 11 is 0. The Morgan fingerprint density at radius 3 is 2.69 bits per heavy atom. The van der Waals surface area contributed by atoms with Crippen molar-refractivity contribution in [3.8, 4) is 0 Å². The lowest BCUT2D eigenvalue weighted by Crippen LogP contribution is -2.23. The van der Waals surface area contributed by atoms with Gasteiger partial charge in [0.25, 0.3) is 0 Å². The molecule has 0 radical (unpaired) electrons. The van der Waals surface area contributed by atoms with Crippen molar-refractivity contribution in [2.24, 2.45) is 0 Å². The van der Waals surface area contributed by atoms with Crippen LogP contribution >= 0.6 is 12.4 Å². The van der Waals surface area contributed by atoms with Gasteiger partial charge in [0, 0.05) is 19.3 Å². The van der Waals surface area contributed by atoms with Crippen LogP contribution in [0.2, 0.25) is 0 Å². The van der Waals surface area contributed by atoms with Gasteiger partial charge in [-0.15, -0.1) is 12.4 Å². The summed E-state index contributed by atoms with van der Waals surface area (Å²) in [6.45, 7) is 1.85. The van der Waals surface area contributed by atoms with Crippen LogP contribution in [0.15, 0.2) is 47.7 Å². The van der Waals surface area contributed by atoms with Gasteiger partial charge in [-0.3, -0.25) is 0 Å². The van der Waals surface area contributed by atoms with E-state index in [1.54, 1.807) is 0 Å². The highest BCUT2D eigenvalue weighted by Crippen LogP contribution is 2.22. The molecule has 0 aromatic carbocycles. The molecule has 0 fully saturated rings. The summed E-state index contributed by atoms with van der Waals surface area (Å²) in [7, 11) is 0. The molecule has 3 heteroatoms. The smallest absolute Gasteiger partial charge is 0.0606 e. The molecule has 0 amide bonds. The molecule has 2 nitrogen and oxygen atoms in total. The van der Waals surface area contributed by atoms with Gasteiger partial charge in [0.05, 0.1) is 6.61 Å². The van der Waals surface area contributed by atoms with E-state index in [0.717, 1.165) is 25.9 Å². The summed E-state index contributed by atoms with van der Waals surface area (Å²) in [5, 5.41) is 8.82. The number of nitrogens with zero attached hydrogens (tertiary/aromatic N) is 1. The zero-order valence-corrected chi connectivity index (χ0v) is 10.1. The van der Waals surface area contributed by atoms with Crippen molar-refractivity contribution in [2.45, 2.75) is 12.8 Å². The molecule has 0 bridgehead atoms. The minimum Gasteiger partial charge on any atom is -0.395 e. The third-order valence-electron chi connectivity index (χ3n) is 2.77. The van der Waals surface area contributed by atoms with Gasteiger partial charge < -0.3 is 10.0 Å². The Morgan fingerprint density at radius 2 is 2.12 bits per heavy atom. The second-order valence-electron chi connectivity index (χ2n) is 3.83. The molecule has 0 aromatic heterocycles. The Balaban J connectivity index is 0.00000128. The van der Waals surface area contributed by atoms with Crippen LogP contribution in [0.3, 0.4) is 0 Å². The zero-order chi connectivity index (χ0) is 10.5. The van der Waals surface area contributed by atoms with Crippen molar-refractivity contribution in [3.05, 3.63) is 47.7 Å². The Bertz CT molecular complexity index is 342. The average molecular weight is 240 g/mol. The zero-order valence-electron chi connectivity index (χ0n) is 9.30. The second kappa shape index (κ2) is 6.56. The fourth-order valence-electron chi connectivity index (χ4n) is 1.90. The highest BCUT2D eigenvalue weighted by atomic mass is 35.5. The van der Waals surface area contributed by atoms with E-state index in [1.807, 2.05) is 0 Å². The molecule has 0 atom stereocenters. The number of rotatable bonds is 3. The van der Waals surface area contributed by atoms with Gasteiger partial charge in [-0.25, -0.2) is 0 Å². The van der Waals surface area contributed by atoms with E-state index >= 15 is 0 Å². The molecular weight excluding hydrogens is 222 g/mol. The predicted molar refractivity (Wildman–Crippen MR) is 69.6 cm³/mol. The lowest BCUT2D eigenvalue weighted by molar-refractivity contribution is 0.244. The number of aliphatic hydroxyl groups excluding tert-OH is 1. The van der Waals surface area contributed by atoms with Crippen molar-refractivity contribution in [1.29, 1.82) is 0 Å². The lowest BCUT2D eigenvalue weighted by atomic mass is 9.96. The van der Waals surface area contributed by atoms with Gasteiger partial charge >= 0.3 is 0 Å². The number of halogens is 1. The molecule has 88 valence electrons. The Hall–Kier alpha value is -0.990. The van der Waals surface area contributed by atoms with Gasteiger partial charge in [0.2, 0.25) is 0 Å². The maximum absolute atomic E-state index is 8.82. The van der Waals surface area contributed by atoms with Crippen LogP contribution in [0, 0.1) is 0 Å². The van der Waals surface area contributed by atoms with Crippen molar-refractivity contribution in [2.75, 3.05) is 19.7 Å². The molecule has 16 heavy (non-hydrogen) atoms. The number of allylic oxidation sites excluding steroid dienone is 6. The number of hydrogen-bond acceptors (Lipinski definition) is 2. The minimum atomic E-state index is 0. The van der Waals surface area contributed by atoms with Crippen LogP contribution in [0.5, 0.6) is 0 Å². The highest BCUT2D eigenvalue weighted by Gasteiger charge is 2.08. The van der Waals surface area contributed by atoms with E-state index in [0.29, 0.717) is 0 Å². The first-order valence-electron chi connectivity index (χ1n) is 5.48. The second-order valence-corrected chi connectivity index (χ2v) is 3.83. The summed E-state index contributed by atoms with van der Waals surface area (Å²) in [6, 6.07) is 0. The molecule has 1 aliphatic carbocycles. The maximum atomic E-state index is 8.82. The molecule has 2 aliphatic rings. The molecule has 0 unspecified atom stereocenters. The normalized spacial score (nSPS) is 18.9. The van der Waals surface area contributed by atoms with Crippen molar-refractivity contribution < 1.29 is 5.11 Å². The first-order valence-corrected chi connectivity index (χ1v) is 5.48. The average Bonchev–Trinajstić information content (AvgIpc) is 2.32. The molecule has 0 saturated carbocycles. The maximum Gasteiger partial charge on any atom is 0.0606 e. The molecule has 2 rings (SSSR count). The third-order valence-corrected chi connectivity index (χ3v) is 2.77. The lowest BCUT2D eigenvalue weighted by Gasteiger charge is -2.22. The topological polar surface area (TPSA) is 23.5 Å². The van der Waals surface area contributed by atoms with Crippen molar-refractivity contribution in [1.82, 2.24) is 4.90 Å². The van der Waals surface area contributed by atoms with E-state index < -0.39 is 0 Å². The number of β-amino-alcohol motifs (C(OH)–C–C–N with tert-alkyl or cyclic N) is 1. The highest BCUT2D eigenvalue weighted by molar-refractivity contribution is 5.85. The Kier molecular flexibility index (Phi) is 5.36. The monoisotopic (exact) mass is 239 g/mol. The largest absolute Gasteiger partial charge is 0.395 e. The van der Waals surface area contributed by atoms with Crippen LogP contribution in [-0.2, 0) is 0 Å². The van der Waals surface area contributed by atoms with Gasteiger partial charge in [-0.1, -0.05) is 24.3 Å². The third kappa shape index (κ3) is 3.26. The minimum absolute atomic E-state index is 0. The Morgan fingerprint density at radius 1 is 1.25 bits per heavy atom. The van der Waals surface area contributed by atoms with E-state index in [1.165, 1.54) is 11.1 Å². The van der Waals surface area contributed by atoms with Gasteiger partial charge in [-0.05, 0) is 30.1 Å². The van der Waals surface area contributed by atoms with Crippen LogP contribution in [0.1, 0.15) is 12.8 Å². The number of aliphatic hydroxyl groups is 1. The first kappa shape index (κ1) is 13.1. The quantitative estimate of drug-likeness (QED) is 0.765. The van der Waals surface area contributed by atoms with E-state index in [-0.39, 0.29) is 19.0 Å². The molecule has 1 N–H and O–H groups in total. The summed E-state index contributed by atoms with van der Waals surface area (Å²) < 4.78 is 0. The summed E-state index contributed by atoms with van der Waals surface area (Å²) in [6.07, 6.45) is 15.3. The number of hydrogen-bond donors (Lipinski definition) is 1. The van der Waals surface area contributed by atoms with Crippen LogP contribution in [0.25, 0.3) is 0 Å². The van der Waals surface area contributed by atoms with Crippen molar-refractivity contribution >= 4 is 12.4 Å². The van der Waals surface area contributed by atoms with E-state index in [2.05, 4.69) is 41.5 Å². The molecule has 1 heterocycles. The molecule has 0 spiro atoms. The van der Waals surface area contributed by atoms with Crippen LogP contribution in [0.4, 0.5) is 0 Å². The summed E-state index contributed by atoms with van der Waals surface area (Å²) in [4.78, 5) is 2.11.